The number of carbonyl (C=O) groups excluding carboxylic acids is 1. The summed E-state index contributed by atoms with van der Waals surface area (Å²) >= 11 is 1.55. The van der Waals surface area contributed by atoms with E-state index in [-0.39, 0.29) is 29.0 Å². The van der Waals surface area contributed by atoms with Crippen LogP contribution < -0.4 is 10.0 Å². The highest BCUT2D eigenvalue weighted by Crippen LogP contribution is 2.25. The van der Waals surface area contributed by atoms with Crippen LogP contribution >= 0.6 is 11.3 Å². The molecule has 1 aromatic heterocycles. The molecule has 0 unspecified atom stereocenters. The molecule has 9 heteroatoms. The Morgan fingerprint density at radius 1 is 1.28 bits per heavy atom. The van der Waals surface area contributed by atoms with Gasteiger partial charge in [0.1, 0.15) is 0 Å². The molecule has 1 aliphatic rings. The lowest BCUT2D eigenvalue weighted by molar-refractivity contribution is 0.102. The summed E-state index contributed by atoms with van der Waals surface area (Å²) in [6.07, 6.45) is 1.69. The number of aromatic nitrogens is 1. The number of fused-ring (bicyclic) bond motifs is 1. The second-order valence-electron chi connectivity index (χ2n) is 6.88. The summed E-state index contributed by atoms with van der Waals surface area (Å²) in [5.41, 5.74) is 1.79. The normalized spacial score (nSPS) is 16.9. The molecule has 0 radical (unpaired) electrons. The first-order valence-electron chi connectivity index (χ1n) is 9.30. The maximum absolute atomic E-state index is 12.6. The zero-order chi connectivity index (χ0) is 20.4. The lowest BCUT2D eigenvalue weighted by atomic mass is 10.2. The van der Waals surface area contributed by atoms with Crippen molar-refractivity contribution < 1.29 is 17.9 Å². The van der Waals surface area contributed by atoms with Gasteiger partial charge in [0.15, 0.2) is 0 Å². The second kappa shape index (κ2) is 8.19. The Hall–Kier alpha value is -2.33. The van der Waals surface area contributed by atoms with E-state index in [9.17, 15) is 13.2 Å². The van der Waals surface area contributed by atoms with Crippen molar-refractivity contribution in [2.24, 2.45) is 0 Å². The molecule has 1 saturated heterocycles. The Labute approximate surface area is 173 Å². The quantitative estimate of drug-likeness (QED) is 0.624. The van der Waals surface area contributed by atoms with E-state index in [1.165, 1.54) is 12.1 Å². The summed E-state index contributed by atoms with van der Waals surface area (Å²) in [5.74, 6) is -0.373. The summed E-state index contributed by atoms with van der Waals surface area (Å²) < 4.78 is 34.1. The van der Waals surface area contributed by atoms with Gasteiger partial charge in [0.25, 0.3) is 5.91 Å². The van der Waals surface area contributed by atoms with E-state index in [0.717, 1.165) is 28.1 Å². The highest BCUT2D eigenvalue weighted by atomic mass is 32.2. The Bertz CT molecular complexity index is 1150. The average molecular weight is 432 g/mol. The number of hydrogen-bond donors (Lipinski definition) is 2. The van der Waals surface area contributed by atoms with Gasteiger partial charge in [-0.3, -0.25) is 4.79 Å². The molecule has 2 N–H and O–H groups in total. The Kier molecular flexibility index (Phi) is 5.64. The summed E-state index contributed by atoms with van der Waals surface area (Å²) in [6, 6.07) is 11.5. The van der Waals surface area contributed by atoms with Gasteiger partial charge in [-0.15, -0.1) is 11.3 Å². The molecule has 0 bridgehead atoms. The Balaban J connectivity index is 1.48. The molecule has 0 aliphatic carbocycles. The number of anilines is 1. The number of aryl methyl sites for hydroxylation is 1. The maximum atomic E-state index is 12.6. The zero-order valence-corrected chi connectivity index (χ0v) is 17.5. The summed E-state index contributed by atoms with van der Waals surface area (Å²) in [4.78, 5) is 17.1. The molecule has 1 amide bonds. The lowest BCUT2D eigenvalue weighted by Crippen LogP contribution is -2.32. The van der Waals surface area contributed by atoms with Crippen LogP contribution in [0.2, 0.25) is 0 Å². The molecule has 1 atom stereocenters. The third-order valence-electron chi connectivity index (χ3n) is 4.68. The van der Waals surface area contributed by atoms with Gasteiger partial charge in [-0.1, -0.05) is 6.07 Å². The van der Waals surface area contributed by atoms with Crippen LogP contribution in [-0.2, 0) is 14.8 Å². The predicted molar refractivity (Wildman–Crippen MR) is 113 cm³/mol. The number of sulfonamides is 1. The van der Waals surface area contributed by atoms with Crippen LogP contribution in [0.3, 0.4) is 0 Å². The van der Waals surface area contributed by atoms with E-state index in [4.69, 9.17) is 4.74 Å². The first kappa shape index (κ1) is 20.0. The minimum Gasteiger partial charge on any atom is -0.377 e. The number of thiazole rings is 1. The van der Waals surface area contributed by atoms with E-state index >= 15 is 0 Å². The van der Waals surface area contributed by atoms with Gasteiger partial charge in [-0.25, -0.2) is 18.1 Å². The van der Waals surface area contributed by atoms with Crippen LogP contribution in [0, 0.1) is 6.92 Å². The molecule has 152 valence electrons. The number of nitrogens with zero attached hydrogens (tertiary/aromatic N) is 1. The first-order chi connectivity index (χ1) is 13.9. The van der Waals surface area contributed by atoms with E-state index in [2.05, 4.69) is 15.0 Å². The number of nitrogens with one attached hydrogen (secondary N) is 2. The lowest BCUT2D eigenvalue weighted by Gasteiger charge is -2.12. The largest absolute Gasteiger partial charge is 0.377 e. The minimum atomic E-state index is -3.72. The number of carbonyl (C=O) groups is 1. The molecule has 2 heterocycles. The molecule has 29 heavy (non-hydrogen) atoms. The number of ether oxygens (including phenoxy) is 1. The molecular weight excluding hydrogens is 410 g/mol. The molecule has 3 aromatic rings. The molecule has 1 fully saturated rings. The minimum absolute atomic E-state index is 0.0525. The van der Waals surface area contributed by atoms with Crippen molar-refractivity contribution in [1.82, 2.24) is 9.71 Å². The highest BCUT2D eigenvalue weighted by Gasteiger charge is 2.21. The number of amides is 1. The van der Waals surface area contributed by atoms with Crippen molar-refractivity contribution >= 4 is 43.2 Å². The molecular formula is C20H21N3O4S2. The zero-order valence-electron chi connectivity index (χ0n) is 15.8. The van der Waals surface area contributed by atoms with Crippen molar-refractivity contribution in [3.63, 3.8) is 0 Å². The molecule has 7 nitrogen and oxygen atoms in total. The van der Waals surface area contributed by atoms with Gasteiger partial charge in [-0.2, -0.15) is 0 Å². The van der Waals surface area contributed by atoms with Gasteiger partial charge in [0, 0.05) is 24.4 Å². The third kappa shape index (κ3) is 4.64. The Morgan fingerprint density at radius 2 is 2.14 bits per heavy atom. The van der Waals surface area contributed by atoms with E-state index < -0.39 is 10.0 Å². The second-order valence-corrected chi connectivity index (χ2v) is 9.89. The van der Waals surface area contributed by atoms with Crippen LogP contribution in [0.25, 0.3) is 10.2 Å². The van der Waals surface area contributed by atoms with E-state index in [1.807, 2.05) is 19.1 Å². The van der Waals surface area contributed by atoms with Gasteiger partial charge < -0.3 is 10.1 Å². The predicted octanol–water partition coefficient (Wildman–Crippen LogP) is 3.31. The summed E-state index contributed by atoms with van der Waals surface area (Å²) in [7, 11) is -3.72. The molecule has 0 spiro atoms. The molecule has 4 rings (SSSR count). The van der Waals surface area contributed by atoms with Gasteiger partial charge >= 0.3 is 0 Å². The Morgan fingerprint density at radius 3 is 2.93 bits per heavy atom. The fraction of sp³-hybridized carbons (Fsp3) is 0.300. The van der Waals surface area contributed by atoms with Crippen LogP contribution in [0.4, 0.5) is 5.69 Å². The van der Waals surface area contributed by atoms with E-state index in [1.54, 1.807) is 29.5 Å². The average Bonchev–Trinajstić information content (AvgIpc) is 3.35. The first-order valence-corrected chi connectivity index (χ1v) is 11.6. The topological polar surface area (TPSA) is 97.4 Å². The van der Waals surface area contributed by atoms with Crippen molar-refractivity contribution in [2.75, 3.05) is 18.5 Å². The highest BCUT2D eigenvalue weighted by molar-refractivity contribution is 7.89. The standard InChI is InChI=1S/C20H21N3O4S2/c1-13-22-18-8-7-15(11-19(18)28-13)23-20(24)14-4-2-6-17(10-14)29(25,26)21-12-16-5-3-9-27-16/h2,4,6-8,10-11,16,21H,3,5,9,12H2,1H3,(H,23,24)/t16-/m1/s1. The van der Waals surface area contributed by atoms with Gasteiger partial charge in [0.2, 0.25) is 10.0 Å². The van der Waals surface area contributed by atoms with Crippen molar-refractivity contribution in [1.29, 1.82) is 0 Å². The fourth-order valence-corrected chi connectivity index (χ4v) is 5.19. The van der Waals surface area contributed by atoms with Gasteiger partial charge in [0.05, 0.1) is 26.2 Å². The van der Waals surface area contributed by atoms with Crippen molar-refractivity contribution in [3.05, 3.63) is 53.0 Å². The molecule has 2 aromatic carbocycles. The third-order valence-corrected chi connectivity index (χ3v) is 7.04. The van der Waals surface area contributed by atoms with Crippen molar-refractivity contribution in [3.8, 4) is 0 Å². The van der Waals surface area contributed by atoms with Crippen LogP contribution in [0.15, 0.2) is 47.4 Å². The number of hydrogen-bond acceptors (Lipinski definition) is 6. The van der Waals surface area contributed by atoms with Crippen LogP contribution in [0.5, 0.6) is 0 Å². The number of benzene rings is 2. The number of rotatable bonds is 6. The van der Waals surface area contributed by atoms with Crippen LogP contribution in [-0.4, -0.2) is 38.6 Å². The monoisotopic (exact) mass is 431 g/mol. The van der Waals surface area contributed by atoms with E-state index in [0.29, 0.717) is 12.3 Å². The van der Waals surface area contributed by atoms with Crippen molar-refractivity contribution in [2.45, 2.75) is 30.8 Å². The fourth-order valence-electron chi connectivity index (χ4n) is 3.22. The summed E-state index contributed by atoms with van der Waals surface area (Å²) in [6.45, 7) is 2.82. The maximum Gasteiger partial charge on any atom is 0.255 e. The smallest absolute Gasteiger partial charge is 0.255 e. The molecule has 1 aliphatic heterocycles. The van der Waals surface area contributed by atoms with Crippen LogP contribution in [0.1, 0.15) is 28.2 Å². The SMILES string of the molecule is Cc1nc2ccc(NC(=O)c3cccc(S(=O)(=O)NC[C@H]4CCCO4)c3)cc2s1. The molecule has 0 saturated carbocycles. The summed E-state index contributed by atoms with van der Waals surface area (Å²) in [5, 5.41) is 3.78. The van der Waals surface area contributed by atoms with Gasteiger partial charge in [-0.05, 0) is 56.2 Å².